The highest BCUT2D eigenvalue weighted by Crippen LogP contribution is 2.34. The molecule has 4 rings (SSSR count). The van der Waals surface area contributed by atoms with Crippen molar-refractivity contribution in [2.24, 2.45) is 0 Å². The van der Waals surface area contributed by atoms with E-state index in [-0.39, 0.29) is 11.6 Å². The first-order valence-electron chi connectivity index (χ1n) is 9.37. The first kappa shape index (κ1) is 17.6. The molecule has 1 N–H and O–H groups in total. The van der Waals surface area contributed by atoms with Gasteiger partial charge in [-0.15, -0.1) is 0 Å². The number of nitrogens with one attached hydrogen (secondary N) is 1. The highest BCUT2D eigenvalue weighted by Gasteiger charge is 2.58. The Hall–Kier alpha value is -2.79. The molecule has 2 aromatic rings. The van der Waals surface area contributed by atoms with Gasteiger partial charge in [-0.2, -0.15) is 0 Å². The highest BCUT2D eigenvalue weighted by atomic mass is 16.2. The van der Waals surface area contributed by atoms with Crippen molar-refractivity contribution in [3.8, 4) is 0 Å². The van der Waals surface area contributed by atoms with Crippen LogP contribution in [0.4, 0.5) is 0 Å². The van der Waals surface area contributed by atoms with Crippen molar-refractivity contribution in [1.82, 2.24) is 10.2 Å². The van der Waals surface area contributed by atoms with Crippen LogP contribution in [0.5, 0.6) is 0 Å². The summed E-state index contributed by atoms with van der Waals surface area (Å²) in [5.41, 5.74) is 0.618. The summed E-state index contributed by atoms with van der Waals surface area (Å²) in [6, 6.07) is 13.9. The van der Waals surface area contributed by atoms with Crippen LogP contribution in [0.3, 0.4) is 0 Å². The smallest absolute Gasteiger partial charge is 0.253 e. The van der Waals surface area contributed by atoms with Gasteiger partial charge in [-0.25, -0.2) is 0 Å². The highest BCUT2D eigenvalue weighted by molar-refractivity contribution is 6.33. The summed E-state index contributed by atoms with van der Waals surface area (Å²) >= 11 is 0. The summed E-state index contributed by atoms with van der Waals surface area (Å²) in [5.74, 6) is -1.06. The lowest BCUT2D eigenvalue weighted by molar-refractivity contribution is 0.0304. The van der Waals surface area contributed by atoms with Gasteiger partial charge in [0.2, 0.25) is 17.2 Å². The summed E-state index contributed by atoms with van der Waals surface area (Å²) in [7, 11) is 0. The first-order valence-corrected chi connectivity index (χ1v) is 9.37. The molecule has 5 heteroatoms. The number of carbonyl (C=O) groups excluding carboxylic acids is 3. The molecular formula is C22H22N2O3. The number of benzene rings is 2. The molecule has 1 aliphatic carbocycles. The first-order chi connectivity index (χ1) is 13.0. The van der Waals surface area contributed by atoms with Gasteiger partial charge in [-0.1, -0.05) is 48.4 Å². The summed E-state index contributed by atoms with van der Waals surface area (Å²) in [5, 5.41) is 2.83. The van der Waals surface area contributed by atoms with Crippen molar-refractivity contribution in [2.45, 2.75) is 31.8 Å². The molecule has 0 unspecified atom stereocenters. The van der Waals surface area contributed by atoms with E-state index in [1.54, 1.807) is 36.4 Å². The number of carbonyl (C=O) groups is 3. The fourth-order valence-electron chi connectivity index (χ4n) is 4.02. The maximum absolute atomic E-state index is 13.4. The van der Waals surface area contributed by atoms with Crippen molar-refractivity contribution in [3.05, 3.63) is 70.8 Å². The molecule has 0 aromatic heterocycles. The SMILES string of the molecule is Cc1ccc(C(=O)NC2(N3CCCCC3)C(=O)c3ccccc3C2=O)cc1. The van der Waals surface area contributed by atoms with Gasteiger partial charge in [-0.3, -0.25) is 19.3 Å². The number of hydrogen-bond acceptors (Lipinski definition) is 4. The number of fused-ring (bicyclic) bond motifs is 1. The minimum Gasteiger partial charge on any atom is -0.320 e. The van der Waals surface area contributed by atoms with Crippen molar-refractivity contribution >= 4 is 17.5 Å². The second kappa shape index (κ2) is 6.74. The number of ketones is 2. The molecule has 0 bridgehead atoms. The Balaban J connectivity index is 1.76. The van der Waals surface area contributed by atoms with Crippen LogP contribution in [0.25, 0.3) is 0 Å². The third-order valence-corrected chi connectivity index (χ3v) is 5.51. The van der Waals surface area contributed by atoms with Gasteiger partial charge < -0.3 is 5.32 Å². The molecule has 1 saturated heterocycles. The van der Waals surface area contributed by atoms with Gasteiger partial charge in [0.15, 0.2) is 0 Å². The molecule has 2 aliphatic rings. The lowest BCUT2D eigenvalue weighted by atomic mass is 9.97. The number of aryl methyl sites for hydroxylation is 1. The zero-order valence-corrected chi connectivity index (χ0v) is 15.3. The fourth-order valence-corrected chi connectivity index (χ4v) is 4.02. The third-order valence-electron chi connectivity index (χ3n) is 5.51. The van der Waals surface area contributed by atoms with E-state index >= 15 is 0 Å². The normalized spacial score (nSPS) is 19.0. The second-order valence-corrected chi connectivity index (χ2v) is 7.28. The summed E-state index contributed by atoms with van der Waals surface area (Å²) in [6.07, 6.45) is 2.87. The number of rotatable bonds is 3. The molecule has 27 heavy (non-hydrogen) atoms. The van der Waals surface area contributed by atoms with Crippen LogP contribution in [0.2, 0.25) is 0 Å². The minimum absolute atomic E-state index is 0.328. The Morgan fingerprint density at radius 3 is 2.00 bits per heavy atom. The Morgan fingerprint density at radius 1 is 0.889 bits per heavy atom. The van der Waals surface area contributed by atoms with Crippen LogP contribution < -0.4 is 5.32 Å². The van der Waals surface area contributed by atoms with Gasteiger partial charge in [0, 0.05) is 29.8 Å². The molecule has 0 atom stereocenters. The predicted molar refractivity (Wildman–Crippen MR) is 102 cm³/mol. The van der Waals surface area contributed by atoms with Crippen LogP contribution in [0, 0.1) is 6.92 Å². The molecule has 138 valence electrons. The number of Topliss-reactive ketones (excluding diaryl/α,β-unsaturated/α-hetero) is 2. The minimum atomic E-state index is -1.63. The summed E-state index contributed by atoms with van der Waals surface area (Å²) in [4.78, 5) is 41.6. The number of nitrogens with zero attached hydrogens (tertiary/aromatic N) is 1. The lowest BCUT2D eigenvalue weighted by Crippen LogP contribution is -2.68. The van der Waals surface area contributed by atoms with Crippen LogP contribution in [-0.4, -0.2) is 41.1 Å². The van der Waals surface area contributed by atoms with Gasteiger partial charge in [0.1, 0.15) is 0 Å². The Morgan fingerprint density at radius 2 is 1.44 bits per heavy atom. The molecular weight excluding hydrogens is 340 g/mol. The Labute approximate surface area is 158 Å². The maximum atomic E-state index is 13.4. The van der Waals surface area contributed by atoms with E-state index < -0.39 is 11.6 Å². The summed E-state index contributed by atoms with van der Waals surface area (Å²) in [6.45, 7) is 3.16. The standard InChI is InChI=1S/C22H22N2O3/c1-15-9-11-16(12-10-15)21(27)23-22(24-13-5-2-6-14-24)19(25)17-7-3-4-8-18(17)20(22)26/h3-4,7-12H,2,5-6,13-14H2,1H3,(H,23,27). The molecule has 0 radical (unpaired) electrons. The number of hydrogen-bond donors (Lipinski definition) is 1. The monoisotopic (exact) mass is 362 g/mol. The Kier molecular flexibility index (Phi) is 4.40. The summed E-state index contributed by atoms with van der Waals surface area (Å²) < 4.78 is 0. The van der Waals surface area contributed by atoms with E-state index in [4.69, 9.17) is 0 Å². The van der Waals surface area contributed by atoms with Crippen LogP contribution >= 0.6 is 0 Å². The molecule has 0 spiro atoms. The van der Waals surface area contributed by atoms with E-state index in [0.717, 1.165) is 24.8 Å². The van der Waals surface area contributed by atoms with E-state index in [9.17, 15) is 14.4 Å². The van der Waals surface area contributed by atoms with Crippen molar-refractivity contribution in [1.29, 1.82) is 0 Å². The van der Waals surface area contributed by atoms with E-state index in [1.807, 2.05) is 24.0 Å². The number of piperidine rings is 1. The molecule has 0 saturated carbocycles. The third kappa shape index (κ3) is 2.79. The predicted octanol–water partition coefficient (Wildman–Crippen LogP) is 2.99. The fraction of sp³-hybridized carbons (Fsp3) is 0.318. The van der Waals surface area contributed by atoms with Crippen LogP contribution in [0.1, 0.15) is 55.9 Å². The van der Waals surface area contributed by atoms with Gasteiger partial charge >= 0.3 is 0 Å². The average Bonchev–Trinajstić information content (AvgIpc) is 2.92. The zero-order valence-electron chi connectivity index (χ0n) is 15.3. The molecule has 2 aromatic carbocycles. The van der Waals surface area contributed by atoms with Crippen LogP contribution in [-0.2, 0) is 0 Å². The van der Waals surface area contributed by atoms with Crippen molar-refractivity contribution < 1.29 is 14.4 Å². The van der Waals surface area contributed by atoms with E-state index in [0.29, 0.717) is 29.8 Å². The average molecular weight is 362 g/mol. The molecule has 1 amide bonds. The molecule has 5 nitrogen and oxygen atoms in total. The van der Waals surface area contributed by atoms with Crippen LogP contribution in [0.15, 0.2) is 48.5 Å². The van der Waals surface area contributed by atoms with E-state index in [2.05, 4.69) is 5.32 Å². The molecule has 1 aliphatic heterocycles. The largest absolute Gasteiger partial charge is 0.320 e. The van der Waals surface area contributed by atoms with Crippen molar-refractivity contribution in [2.75, 3.05) is 13.1 Å². The lowest BCUT2D eigenvalue weighted by Gasteiger charge is -2.41. The Bertz CT molecular complexity index is 876. The molecule has 1 heterocycles. The molecule has 1 fully saturated rings. The second-order valence-electron chi connectivity index (χ2n) is 7.28. The number of amides is 1. The van der Waals surface area contributed by atoms with E-state index in [1.165, 1.54) is 0 Å². The number of likely N-dealkylation sites (tertiary alicyclic amines) is 1. The zero-order chi connectivity index (χ0) is 19.0. The maximum Gasteiger partial charge on any atom is 0.253 e. The van der Waals surface area contributed by atoms with Gasteiger partial charge in [-0.05, 0) is 31.9 Å². The van der Waals surface area contributed by atoms with Gasteiger partial charge in [0.05, 0.1) is 0 Å². The quantitative estimate of drug-likeness (QED) is 0.853. The van der Waals surface area contributed by atoms with Gasteiger partial charge in [0.25, 0.3) is 5.91 Å². The topological polar surface area (TPSA) is 66.5 Å². The van der Waals surface area contributed by atoms with Crippen molar-refractivity contribution in [3.63, 3.8) is 0 Å².